The average molecular weight is 313 g/mol. The number of amides is 1. The molecule has 0 unspecified atom stereocenters. The van der Waals surface area contributed by atoms with Crippen molar-refractivity contribution in [1.29, 1.82) is 0 Å². The summed E-state index contributed by atoms with van der Waals surface area (Å²) < 4.78 is 12.3. The maximum absolute atomic E-state index is 12.2. The molecule has 1 aliphatic rings. The molecule has 120 valence electrons. The van der Waals surface area contributed by atoms with Gasteiger partial charge in [0.25, 0.3) is 0 Å². The molecule has 0 N–H and O–H groups in total. The summed E-state index contributed by atoms with van der Waals surface area (Å²) >= 11 is 0. The number of carbonyl (C=O) groups excluding carboxylic acids is 1. The highest BCUT2D eigenvalue weighted by Gasteiger charge is 2.13. The van der Waals surface area contributed by atoms with E-state index in [1.54, 1.807) is 28.8 Å². The largest absolute Gasteiger partial charge is 0.454 e. The van der Waals surface area contributed by atoms with Gasteiger partial charge in [0, 0.05) is 38.5 Å². The average Bonchev–Trinajstić information content (AvgIpc) is 3.10. The van der Waals surface area contributed by atoms with E-state index < -0.39 is 0 Å². The fraction of sp³-hybridized carbons (Fsp3) is 0.294. The molecule has 0 fully saturated rings. The van der Waals surface area contributed by atoms with Crippen molar-refractivity contribution in [2.24, 2.45) is 7.05 Å². The molecular weight excluding hydrogens is 294 g/mol. The van der Waals surface area contributed by atoms with Gasteiger partial charge in [-0.2, -0.15) is 5.10 Å². The fourth-order valence-electron chi connectivity index (χ4n) is 2.45. The molecule has 6 heteroatoms. The fourth-order valence-corrected chi connectivity index (χ4v) is 2.45. The van der Waals surface area contributed by atoms with Crippen LogP contribution in [0.3, 0.4) is 0 Å². The van der Waals surface area contributed by atoms with Crippen LogP contribution >= 0.6 is 0 Å². The summed E-state index contributed by atoms with van der Waals surface area (Å²) in [6.07, 6.45) is 5.26. The Morgan fingerprint density at radius 2 is 2.17 bits per heavy atom. The first-order valence-electron chi connectivity index (χ1n) is 7.35. The van der Waals surface area contributed by atoms with Gasteiger partial charge in [0.2, 0.25) is 12.7 Å². The highest BCUT2D eigenvalue weighted by molar-refractivity contribution is 5.91. The minimum absolute atomic E-state index is 0.0640. The molecule has 23 heavy (non-hydrogen) atoms. The van der Waals surface area contributed by atoms with Crippen LogP contribution in [-0.2, 0) is 18.4 Å². The number of hydrogen-bond acceptors (Lipinski definition) is 4. The summed E-state index contributed by atoms with van der Waals surface area (Å²) in [7, 11) is 3.65. The SMILES string of the molecule is Cc1nn(C)cc1CN(C)C(=O)/C=C/c1ccc2c(c1)OCO2. The van der Waals surface area contributed by atoms with Crippen LogP contribution in [0.4, 0.5) is 0 Å². The van der Waals surface area contributed by atoms with Gasteiger partial charge in [-0.3, -0.25) is 9.48 Å². The molecule has 6 nitrogen and oxygen atoms in total. The first-order valence-corrected chi connectivity index (χ1v) is 7.35. The summed E-state index contributed by atoms with van der Waals surface area (Å²) in [6, 6.07) is 5.59. The van der Waals surface area contributed by atoms with E-state index in [4.69, 9.17) is 9.47 Å². The Balaban J connectivity index is 1.65. The van der Waals surface area contributed by atoms with E-state index in [1.807, 2.05) is 38.4 Å². The molecule has 1 aromatic heterocycles. The van der Waals surface area contributed by atoms with Crippen molar-refractivity contribution in [2.75, 3.05) is 13.8 Å². The lowest BCUT2D eigenvalue weighted by molar-refractivity contribution is -0.125. The van der Waals surface area contributed by atoms with Gasteiger partial charge in [-0.15, -0.1) is 0 Å². The monoisotopic (exact) mass is 313 g/mol. The molecule has 0 spiro atoms. The maximum atomic E-state index is 12.2. The molecule has 0 bridgehead atoms. The molecule has 0 saturated carbocycles. The Hall–Kier alpha value is -2.76. The number of nitrogens with zero attached hydrogens (tertiary/aromatic N) is 3. The standard InChI is InChI=1S/C17H19N3O3/c1-12-14(10-20(3)18-12)9-19(2)17(21)7-5-13-4-6-15-16(8-13)23-11-22-15/h4-8,10H,9,11H2,1-3H3/b7-5+. The number of fused-ring (bicyclic) bond motifs is 1. The third-order valence-corrected chi connectivity index (χ3v) is 3.71. The van der Waals surface area contributed by atoms with Gasteiger partial charge in [0.1, 0.15) is 0 Å². The van der Waals surface area contributed by atoms with Gasteiger partial charge in [0.15, 0.2) is 11.5 Å². The van der Waals surface area contributed by atoms with Crippen molar-refractivity contribution in [1.82, 2.24) is 14.7 Å². The van der Waals surface area contributed by atoms with Gasteiger partial charge in [-0.25, -0.2) is 0 Å². The van der Waals surface area contributed by atoms with Crippen molar-refractivity contribution >= 4 is 12.0 Å². The zero-order valence-electron chi connectivity index (χ0n) is 13.4. The van der Waals surface area contributed by atoms with Gasteiger partial charge in [-0.05, 0) is 30.7 Å². The second-order valence-corrected chi connectivity index (χ2v) is 5.55. The van der Waals surface area contributed by atoms with E-state index in [0.29, 0.717) is 12.3 Å². The van der Waals surface area contributed by atoms with E-state index in [1.165, 1.54) is 0 Å². The highest BCUT2D eigenvalue weighted by atomic mass is 16.7. The third-order valence-electron chi connectivity index (χ3n) is 3.71. The number of carbonyl (C=O) groups is 1. The van der Waals surface area contributed by atoms with Crippen molar-refractivity contribution in [2.45, 2.75) is 13.5 Å². The lowest BCUT2D eigenvalue weighted by Crippen LogP contribution is -2.24. The van der Waals surface area contributed by atoms with E-state index in [0.717, 1.165) is 22.6 Å². The number of rotatable bonds is 4. The van der Waals surface area contributed by atoms with Crippen LogP contribution in [0.25, 0.3) is 6.08 Å². The van der Waals surface area contributed by atoms with Crippen LogP contribution in [-0.4, -0.2) is 34.4 Å². The highest BCUT2D eigenvalue weighted by Crippen LogP contribution is 2.32. The Kier molecular flexibility index (Phi) is 4.06. The van der Waals surface area contributed by atoms with Gasteiger partial charge >= 0.3 is 0 Å². The van der Waals surface area contributed by atoms with Crippen molar-refractivity contribution in [3.8, 4) is 11.5 Å². The molecule has 0 saturated heterocycles. The molecular formula is C17H19N3O3. The summed E-state index contributed by atoms with van der Waals surface area (Å²) in [5, 5.41) is 4.29. The van der Waals surface area contributed by atoms with Crippen LogP contribution in [0.15, 0.2) is 30.5 Å². The molecule has 1 amide bonds. The number of ether oxygens (including phenoxy) is 2. The van der Waals surface area contributed by atoms with Gasteiger partial charge in [0.05, 0.1) is 5.69 Å². The third kappa shape index (κ3) is 3.36. The number of benzene rings is 1. The Bertz CT molecular complexity index is 764. The van der Waals surface area contributed by atoms with E-state index in [2.05, 4.69) is 5.10 Å². The zero-order chi connectivity index (χ0) is 16.4. The van der Waals surface area contributed by atoms with Crippen molar-refractivity contribution in [3.63, 3.8) is 0 Å². The second kappa shape index (κ2) is 6.16. The smallest absolute Gasteiger partial charge is 0.246 e. The predicted octanol–water partition coefficient (Wildman–Crippen LogP) is 2.13. The molecule has 0 aliphatic carbocycles. The van der Waals surface area contributed by atoms with Crippen LogP contribution in [0.5, 0.6) is 11.5 Å². The first kappa shape index (κ1) is 15.1. The Labute approximate surface area is 134 Å². The molecule has 0 radical (unpaired) electrons. The van der Waals surface area contributed by atoms with Gasteiger partial charge in [-0.1, -0.05) is 6.07 Å². The van der Waals surface area contributed by atoms with E-state index >= 15 is 0 Å². The molecule has 2 heterocycles. The number of aromatic nitrogens is 2. The van der Waals surface area contributed by atoms with Crippen molar-refractivity contribution in [3.05, 3.63) is 47.3 Å². The van der Waals surface area contributed by atoms with Crippen LogP contribution in [0, 0.1) is 6.92 Å². The number of likely N-dealkylation sites (N-methyl/N-ethyl adjacent to an activating group) is 1. The van der Waals surface area contributed by atoms with E-state index in [9.17, 15) is 4.79 Å². The number of hydrogen-bond donors (Lipinski definition) is 0. The Morgan fingerprint density at radius 1 is 1.39 bits per heavy atom. The number of aryl methyl sites for hydroxylation is 2. The molecule has 3 rings (SSSR count). The minimum Gasteiger partial charge on any atom is -0.454 e. The summed E-state index contributed by atoms with van der Waals surface area (Å²) in [6.45, 7) is 2.72. The molecule has 0 atom stereocenters. The quantitative estimate of drug-likeness (QED) is 0.812. The van der Waals surface area contributed by atoms with Crippen molar-refractivity contribution < 1.29 is 14.3 Å². The Morgan fingerprint density at radius 3 is 2.91 bits per heavy atom. The maximum Gasteiger partial charge on any atom is 0.246 e. The zero-order valence-corrected chi connectivity index (χ0v) is 13.4. The summed E-state index contributed by atoms with van der Waals surface area (Å²) in [5.74, 6) is 1.38. The normalized spacial score (nSPS) is 12.8. The lowest BCUT2D eigenvalue weighted by atomic mass is 10.2. The predicted molar refractivity (Wildman–Crippen MR) is 86.0 cm³/mol. The summed E-state index contributed by atoms with van der Waals surface area (Å²) in [4.78, 5) is 13.9. The molecule has 1 aromatic carbocycles. The first-order chi connectivity index (χ1) is 11.0. The summed E-state index contributed by atoms with van der Waals surface area (Å²) in [5.41, 5.74) is 2.88. The van der Waals surface area contributed by atoms with Crippen LogP contribution in [0.2, 0.25) is 0 Å². The van der Waals surface area contributed by atoms with Crippen LogP contribution < -0.4 is 9.47 Å². The topological polar surface area (TPSA) is 56.6 Å². The van der Waals surface area contributed by atoms with Crippen LogP contribution in [0.1, 0.15) is 16.8 Å². The molecule has 2 aromatic rings. The molecule has 1 aliphatic heterocycles. The van der Waals surface area contributed by atoms with Gasteiger partial charge < -0.3 is 14.4 Å². The lowest BCUT2D eigenvalue weighted by Gasteiger charge is -2.14. The minimum atomic E-state index is -0.0640. The second-order valence-electron chi connectivity index (χ2n) is 5.55. The van der Waals surface area contributed by atoms with E-state index in [-0.39, 0.29) is 12.7 Å².